The minimum Gasteiger partial charge on any atom is -0.365 e. The average Bonchev–Trinajstić information content (AvgIpc) is 2.90. The van der Waals surface area contributed by atoms with Crippen molar-refractivity contribution < 1.29 is 14.4 Å². The van der Waals surface area contributed by atoms with Gasteiger partial charge in [-0.15, -0.1) is 0 Å². The molecule has 1 heterocycles. The van der Waals surface area contributed by atoms with Crippen LogP contribution in [0.1, 0.15) is 5.56 Å². The molecule has 7 nitrogen and oxygen atoms in total. The quantitative estimate of drug-likeness (QED) is 0.361. The van der Waals surface area contributed by atoms with Gasteiger partial charge in [0.1, 0.15) is 0 Å². The van der Waals surface area contributed by atoms with Gasteiger partial charge in [-0.3, -0.25) is 14.4 Å². The Kier molecular flexibility index (Phi) is 6.19. The van der Waals surface area contributed by atoms with Gasteiger partial charge >= 0.3 is 0 Å². The molecule has 0 radical (unpaired) electrons. The van der Waals surface area contributed by atoms with E-state index in [-0.39, 0.29) is 0 Å². The highest BCUT2D eigenvalue weighted by Crippen LogP contribution is 2.29. The maximum Gasteiger partial charge on any atom is 0.256 e. The maximum absolute atomic E-state index is 12.9. The van der Waals surface area contributed by atoms with Gasteiger partial charge in [-0.1, -0.05) is 48.0 Å². The van der Waals surface area contributed by atoms with Crippen molar-refractivity contribution in [2.24, 2.45) is 0 Å². The standard InChI is InChI=1S/C24H19ClN4O3/c25-15-11-12-18-19(13-15)29-24(32)22(23(31)27-17-9-5-2-6-10-17)28-20(18)14-21(30)26-16-7-3-1-4-8-16/h1-14,22,28H,(H,26,30)(H,27,31)(H,29,32)/b20-14-. The van der Waals surface area contributed by atoms with E-state index in [1.54, 1.807) is 66.7 Å². The third kappa shape index (κ3) is 4.96. The van der Waals surface area contributed by atoms with E-state index in [1.165, 1.54) is 6.08 Å². The Morgan fingerprint density at radius 1 is 0.875 bits per heavy atom. The Bertz CT molecular complexity index is 1200. The van der Waals surface area contributed by atoms with Gasteiger partial charge in [0.15, 0.2) is 6.04 Å². The molecular weight excluding hydrogens is 428 g/mol. The minimum absolute atomic E-state index is 0.302. The summed E-state index contributed by atoms with van der Waals surface area (Å²) in [4.78, 5) is 38.4. The zero-order valence-corrected chi connectivity index (χ0v) is 17.5. The topological polar surface area (TPSA) is 99.3 Å². The molecule has 0 bridgehead atoms. The van der Waals surface area contributed by atoms with Crippen molar-refractivity contribution in [2.75, 3.05) is 16.0 Å². The third-order valence-electron chi connectivity index (χ3n) is 4.71. The summed E-state index contributed by atoms with van der Waals surface area (Å²) in [6.45, 7) is 0. The Labute approximate surface area is 189 Å². The zero-order valence-electron chi connectivity index (χ0n) is 16.8. The van der Waals surface area contributed by atoms with Crippen LogP contribution in [0.3, 0.4) is 0 Å². The van der Waals surface area contributed by atoms with E-state index in [4.69, 9.17) is 11.6 Å². The number of hydrogen-bond donors (Lipinski definition) is 4. The molecule has 0 saturated carbocycles. The zero-order chi connectivity index (χ0) is 22.5. The van der Waals surface area contributed by atoms with E-state index in [9.17, 15) is 14.4 Å². The first kappa shape index (κ1) is 21.1. The van der Waals surface area contributed by atoms with Crippen LogP contribution < -0.4 is 21.3 Å². The molecule has 160 valence electrons. The predicted molar refractivity (Wildman–Crippen MR) is 125 cm³/mol. The van der Waals surface area contributed by atoms with Gasteiger partial charge in [-0.05, 0) is 42.5 Å². The highest BCUT2D eigenvalue weighted by molar-refractivity contribution is 6.31. The lowest BCUT2D eigenvalue weighted by atomic mass is 10.1. The molecule has 0 aliphatic carbocycles. The summed E-state index contributed by atoms with van der Waals surface area (Å²) in [7, 11) is 0. The molecule has 0 aromatic heterocycles. The molecule has 3 aromatic rings. The summed E-state index contributed by atoms with van der Waals surface area (Å²) in [5.74, 6) is -1.56. The summed E-state index contributed by atoms with van der Waals surface area (Å²) in [6, 6.07) is 21.3. The highest BCUT2D eigenvalue weighted by atomic mass is 35.5. The SMILES string of the molecule is O=C(/C=C1\NC(C(=O)Nc2ccccc2)C(=O)Nc2cc(Cl)ccc21)Nc1ccccc1. The number of para-hydroxylation sites is 2. The lowest BCUT2D eigenvalue weighted by Gasteiger charge is -2.17. The van der Waals surface area contributed by atoms with Gasteiger partial charge in [0.2, 0.25) is 5.91 Å². The Morgan fingerprint density at radius 3 is 2.16 bits per heavy atom. The van der Waals surface area contributed by atoms with E-state index in [0.717, 1.165) is 0 Å². The normalized spacial score (nSPS) is 16.2. The van der Waals surface area contributed by atoms with Crippen LogP contribution in [0.2, 0.25) is 5.02 Å². The summed E-state index contributed by atoms with van der Waals surface area (Å²) >= 11 is 6.09. The van der Waals surface area contributed by atoms with Crippen LogP contribution in [0, 0.1) is 0 Å². The molecular formula is C24H19ClN4O3. The van der Waals surface area contributed by atoms with Gasteiger partial charge < -0.3 is 21.3 Å². The van der Waals surface area contributed by atoms with Crippen LogP contribution in [0.15, 0.2) is 84.9 Å². The molecule has 1 aliphatic heterocycles. The molecule has 32 heavy (non-hydrogen) atoms. The maximum atomic E-state index is 12.9. The van der Waals surface area contributed by atoms with Gasteiger partial charge in [0.25, 0.3) is 11.8 Å². The Morgan fingerprint density at radius 2 is 1.50 bits per heavy atom. The predicted octanol–water partition coefficient (Wildman–Crippen LogP) is 3.87. The molecule has 8 heteroatoms. The van der Waals surface area contributed by atoms with Gasteiger partial charge in [-0.2, -0.15) is 0 Å². The lowest BCUT2D eigenvalue weighted by molar-refractivity contribution is -0.126. The molecule has 4 N–H and O–H groups in total. The first-order valence-electron chi connectivity index (χ1n) is 9.80. The van der Waals surface area contributed by atoms with Crippen molar-refractivity contribution in [3.8, 4) is 0 Å². The number of benzene rings is 3. The van der Waals surface area contributed by atoms with E-state index in [2.05, 4.69) is 21.3 Å². The number of carbonyl (C=O) groups excluding carboxylic acids is 3. The molecule has 0 fully saturated rings. The number of amides is 3. The average molecular weight is 447 g/mol. The monoisotopic (exact) mass is 446 g/mol. The molecule has 0 spiro atoms. The Hall–Kier alpha value is -4.10. The van der Waals surface area contributed by atoms with Crippen LogP contribution in [0.25, 0.3) is 5.70 Å². The number of carbonyl (C=O) groups is 3. The number of hydrogen-bond acceptors (Lipinski definition) is 4. The third-order valence-corrected chi connectivity index (χ3v) is 4.95. The summed E-state index contributed by atoms with van der Waals surface area (Å²) < 4.78 is 0. The van der Waals surface area contributed by atoms with Gasteiger partial charge in [-0.25, -0.2) is 0 Å². The molecule has 4 rings (SSSR count). The Balaban J connectivity index is 1.65. The number of anilines is 3. The fraction of sp³-hybridized carbons (Fsp3) is 0.0417. The van der Waals surface area contributed by atoms with Crippen molar-refractivity contribution in [2.45, 2.75) is 6.04 Å². The van der Waals surface area contributed by atoms with Crippen LogP contribution in [-0.2, 0) is 14.4 Å². The second-order valence-electron chi connectivity index (χ2n) is 7.03. The first-order chi connectivity index (χ1) is 15.5. The van der Waals surface area contributed by atoms with Crippen LogP contribution in [-0.4, -0.2) is 23.8 Å². The number of nitrogens with one attached hydrogen (secondary N) is 4. The van der Waals surface area contributed by atoms with E-state index >= 15 is 0 Å². The van der Waals surface area contributed by atoms with Crippen molar-refractivity contribution in [3.63, 3.8) is 0 Å². The largest absolute Gasteiger partial charge is 0.365 e. The summed E-state index contributed by atoms with van der Waals surface area (Å²) in [5.41, 5.74) is 2.39. The number of halogens is 1. The number of rotatable bonds is 4. The van der Waals surface area contributed by atoms with Gasteiger partial charge in [0, 0.05) is 33.7 Å². The summed E-state index contributed by atoms with van der Waals surface area (Å²) in [6.07, 6.45) is 1.31. The van der Waals surface area contributed by atoms with E-state index in [0.29, 0.717) is 33.3 Å². The molecule has 3 aromatic carbocycles. The van der Waals surface area contributed by atoms with Crippen molar-refractivity contribution in [1.82, 2.24) is 5.32 Å². The second-order valence-corrected chi connectivity index (χ2v) is 7.46. The second kappa shape index (κ2) is 9.36. The fourth-order valence-corrected chi connectivity index (χ4v) is 3.40. The smallest absolute Gasteiger partial charge is 0.256 e. The summed E-state index contributed by atoms with van der Waals surface area (Å²) in [5, 5.41) is 11.5. The highest BCUT2D eigenvalue weighted by Gasteiger charge is 2.32. The molecule has 0 saturated heterocycles. The number of fused-ring (bicyclic) bond motifs is 1. The van der Waals surface area contributed by atoms with Crippen LogP contribution in [0.4, 0.5) is 17.1 Å². The molecule has 1 aliphatic rings. The fourth-order valence-electron chi connectivity index (χ4n) is 3.23. The molecule has 3 amide bonds. The van der Waals surface area contributed by atoms with E-state index in [1.807, 2.05) is 12.1 Å². The van der Waals surface area contributed by atoms with Crippen molar-refractivity contribution in [1.29, 1.82) is 0 Å². The lowest BCUT2D eigenvalue weighted by Crippen LogP contribution is -2.47. The van der Waals surface area contributed by atoms with E-state index < -0.39 is 23.8 Å². The van der Waals surface area contributed by atoms with Crippen LogP contribution in [0.5, 0.6) is 0 Å². The molecule has 1 unspecified atom stereocenters. The minimum atomic E-state index is -1.28. The van der Waals surface area contributed by atoms with Crippen molar-refractivity contribution >= 4 is 52.1 Å². The first-order valence-corrected chi connectivity index (χ1v) is 10.2. The van der Waals surface area contributed by atoms with Crippen LogP contribution >= 0.6 is 11.6 Å². The molecule has 1 atom stereocenters. The van der Waals surface area contributed by atoms with Gasteiger partial charge in [0.05, 0.1) is 5.69 Å². The van der Waals surface area contributed by atoms with Crippen molar-refractivity contribution in [3.05, 3.63) is 95.5 Å².